The Balaban J connectivity index is 2.30. The highest BCUT2D eigenvalue weighted by Gasteiger charge is 2.16. The van der Waals surface area contributed by atoms with Gasteiger partial charge in [0, 0.05) is 21.7 Å². The topological polar surface area (TPSA) is 12.0 Å². The molecule has 0 amide bonds. The van der Waals surface area contributed by atoms with Gasteiger partial charge in [0.05, 0.1) is 0 Å². The average molecular weight is 298 g/mol. The van der Waals surface area contributed by atoms with Crippen molar-refractivity contribution < 1.29 is 4.39 Å². The maximum atomic E-state index is 13.9. The molecular formula is C15H14Cl2FN. The van der Waals surface area contributed by atoms with Crippen LogP contribution < -0.4 is 5.32 Å². The molecule has 0 saturated heterocycles. The van der Waals surface area contributed by atoms with Crippen molar-refractivity contribution in [3.05, 3.63) is 69.5 Å². The van der Waals surface area contributed by atoms with Gasteiger partial charge in [-0.25, -0.2) is 4.39 Å². The van der Waals surface area contributed by atoms with E-state index in [1.807, 2.05) is 24.3 Å². The van der Waals surface area contributed by atoms with Gasteiger partial charge in [0.25, 0.3) is 0 Å². The highest BCUT2D eigenvalue weighted by Crippen LogP contribution is 2.26. The first-order valence-electron chi connectivity index (χ1n) is 5.97. The monoisotopic (exact) mass is 297 g/mol. The Morgan fingerprint density at radius 2 is 1.89 bits per heavy atom. The third kappa shape index (κ3) is 3.47. The molecule has 0 aromatic heterocycles. The van der Waals surface area contributed by atoms with Gasteiger partial charge in [-0.05, 0) is 43.3 Å². The van der Waals surface area contributed by atoms with E-state index in [1.165, 1.54) is 6.07 Å². The average Bonchev–Trinajstić information content (AvgIpc) is 2.41. The Hall–Kier alpha value is -1.09. The second kappa shape index (κ2) is 6.38. The van der Waals surface area contributed by atoms with Gasteiger partial charge in [0.1, 0.15) is 5.82 Å². The van der Waals surface area contributed by atoms with E-state index in [9.17, 15) is 4.39 Å². The van der Waals surface area contributed by atoms with Crippen LogP contribution >= 0.6 is 23.2 Å². The van der Waals surface area contributed by atoms with Crippen molar-refractivity contribution in [2.75, 3.05) is 7.05 Å². The predicted octanol–water partition coefficient (Wildman–Crippen LogP) is 4.64. The minimum absolute atomic E-state index is 0.168. The van der Waals surface area contributed by atoms with Crippen LogP contribution in [0.4, 0.5) is 4.39 Å². The van der Waals surface area contributed by atoms with Gasteiger partial charge >= 0.3 is 0 Å². The van der Waals surface area contributed by atoms with Crippen molar-refractivity contribution in [2.45, 2.75) is 12.5 Å². The second-order valence-corrected chi connectivity index (χ2v) is 5.15. The molecule has 0 aliphatic rings. The smallest absolute Gasteiger partial charge is 0.128 e. The highest BCUT2D eigenvalue weighted by molar-refractivity contribution is 6.31. The fraction of sp³-hybridized carbons (Fsp3) is 0.200. The van der Waals surface area contributed by atoms with Crippen LogP contribution in [-0.4, -0.2) is 7.05 Å². The molecule has 0 radical (unpaired) electrons. The molecule has 1 unspecified atom stereocenters. The minimum Gasteiger partial charge on any atom is -0.313 e. The number of likely N-dealkylation sites (N-methyl/N-ethyl adjacent to an activating group) is 1. The third-order valence-electron chi connectivity index (χ3n) is 3.06. The van der Waals surface area contributed by atoms with Gasteiger partial charge in [-0.15, -0.1) is 0 Å². The van der Waals surface area contributed by atoms with E-state index < -0.39 is 0 Å². The van der Waals surface area contributed by atoms with Crippen molar-refractivity contribution in [2.24, 2.45) is 0 Å². The zero-order valence-electron chi connectivity index (χ0n) is 10.5. The first-order chi connectivity index (χ1) is 9.11. The summed E-state index contributed by atoms with van der Waals surface area (Å²) in [6.45, 7) is 0. The summed E-state index contributed by atoms with van der Waals surface area (Å²) >= 11 is 12.1. The molecule has 0 bridgehead atoms. The second-order valence-electron chi connectivity index (χ2n) is 4.30. The van der Waals surface area contributed by atoms with Gasteiger partial charge in [0.2, 0.25) is 0 Å². The van der Waals surface area contributed by atoms with Gasteiger partial charge in [0.15, 0.2) is 0 Å². The van der Waals surface area contributed by atoms with Gasteiger partial charge in [-0.1, -0.05) is 41.4 Å². The molecule has 19 heavy (non-hydrogen) atoms. The summed E-state index contributed by atoms with van der Waals surface area (Å²) < 4.78 is 13.9. The summed E-state index contributed by atoms with van der Waals surface area (Å²) in [6.07, 6.45) is 0.605. The molecule has 2 rings (SSSR count). The standard InChI is InChI=1S/C15H14Cl2FN/c1-19-15(8-10-4-2-3-5-13(10)17)12-9-11(16)6-7-14(12)18/h2-7,9,15,19H,8H2,1H3. The molecule has 0 heterocycles. The van der Waals surface area contributed by atoms with Crippen LogP contribution in [0.25, 0.3) is 0 Å². The SMILES string of the molecule is CNC(Cc1ccccc1Cl)c1cc(Cl)ccc1F. The van der Waals surface area contributed by atoms with Crippen molar-refractivity contribution in [3.8, 4) is 0 Å². The Morgan fingerprint density at radius 3 is 2.58 bits per heavy atom. The van der Waals surface area contributed by atoms with Crippen LogP contribution in [0.3, 0.4) is 0 Å². The molecule has 100 valence electrons. The van der Waals surface area contributed by atoms with Gasteiger partial charge in [-0.2, -0.15) is 0 Å². The molecule has 0 aliphatic heterocycles. The van der Waals surface area contributed by atoms with Crippen LogP contribution in [0, 0.1) is 5.82 Å². The van der Waals surface area contributed by atoms with Crippen LogP contribution in [0.15, 0.2) is 42.5 Å². The van der Waals surface area contributed by atoms with Crippen LogP contribution in [0.1, 0.15) is 17.2 Å². The minimum atomic E-state index is -0.268. The maximum absolute atomic E-state index is 13.9. The van der Waals surface area contributed by atoms with Gasteiger partial charge in [-0.3, -0.25) is 0 Å². The molecule has 2 aromatic carbocycles. The van der Waals surface area contributed by atoms with Crippen molar-refractivity contribution in [1.82, 2.24) is 5.32 Å². The zero-order chi connectivity index (χ0) is 13.8. The van der Waals surface area contributed by atoms with Crippen LogP contribution in [-0.2, 0) is 6.42 Å². The largest absolute Gasteiger partial charge is 0.313 e. The molecule has 0 fully saturated rings. The van der Waals surface area contributed by atoms with E-state index in [2.05, 4.69) is 5.32 Å². The summed E-state index contributed by atoms with van der Waals surface area (Å²) in [5.41, 5.74) is 1.53. The van der Waals surface area contributed by atoms with Gasteiger partial charge < -0.3 is 5.32 Å². The lowest BCUT2D eigenvalue weighted by molar-refractivity contribution is 0.534. The van der Waals surface area contributed by atoms with E-state index in [4.69, 9.17) is 23.2 Å². The summed E-state index contributed by atoms with van der Waals surface area (Å²) in [4.78, 5) is 0. The molecule has 4 heteroatoms. The predicted molar refractivity (Wildman–Crippen MR) is 78.4 cm³/mol. The molecule has 1 N–H and O–H groups in total. The molecule has 0 aliphatic carbocycles. The van der Waals surface area contributed by atoms with E-state index in [0.717, 1.165) is 5.56 Å². The summed E-state index contributed by atoms with van der Waals surface area (Å²) in [6, 6.07) is 12.0. The number of halogens is 3. The lowest BCUT2D eigenvalue weighted by atomic mass is 9.98. The Morgan fingerprint density at radius 1 is 1.16 bits per heavy atom. The maximum Gasteiger partial charge on any atom is 0.128 e. The molecular weight excluding hydrogens is 284 g/mol. The molecule has 0 saturated carbocycles. The summed E-state index contributed by atoms with van der Waals surface area (Å²) in [5, 5.41) is 4.31. The fourth-order valence-corrected chi connectivity index (χ4v) is 2.43. The molecule has 2 aromatic rings. The third-order valence-corrected chi connectivity index (χ3v) is 3.67. The molecule has 1 atom stereocenters. The quantitative estimate of drug-likeness (QED) is 0.867. The number of rotatable bonds is 4. The van der Waals surface area contributed by atoms with Crippen molar-refractivity contribution in [3.63, 3.8) is 0 Å². The lowest BCUT2D eigenvalue weighted by Crippen LogP contribution is -2.20. The number of hydrogen-bond acceptors (Lipinski definition) is 1. The number of nitrogens with one attached hydrogen (secondary N) is 1. The van der Waals surface area contributed by atoms with Crippen molar-refractivity contribution in [1.29, 1.82) is 0 Å². The van der Waals surface area contributed by atoms with Crippen molar-refractivity contribution >= 4 is 23.2 Å². The lowest BCUT2D eigenvalue weighted by Gasteiger charge is -2.18. The summed E-state index contributed by atoms with van der Waals surface area (Å²) in [5.74, 6) is -0.268. The first-order valence-corrected chi connectivity index (χ1v) is 6.73. The van der Waals surface area contributed by atoms with Crippen LogP contribution in [0.2, 0.25) is 10.0 Å². The Kier molecular flexibility index (Phi) is 4.81. The summed E-state index contributed by atoms with van der Waals surface area (Å²) in [7, 11) is 1.79. The highest BCUT2D eigenvalue weighted by atomic mass is 35.5. The fourth-order valence-electron chi connectivity index (χ4n) is 2.03. The van der Waals surface area contributed by atoms with E-state index >= 15 is 0 Å². The van der Waals surface area contributed by atoms with Crippen LogP contribution in [0.5, 0.6) is 0 Å². The van der Waals surface area contributed by atoms with E-state index in [-0.39, 0.29) is 11.9 Å². The normalized spacial score (nSPS) is 12.4. The molecule has 0 spiro atoms. The number of benzene rings is 2. The Labute approximate surface area is 122 Å². The Bertz CT molecular complexity index is 572. The van der Waals surface area contributed by atoms with E-state index in [0.29, 0.717) is 22.0 Å². The zero-order valence-corrected chi connectivity index (χ0v) is 12.0. The van der Waals surface area contributed by atoms with E-state index in [1.54, 1.807) is 19.2 Å². The number of hydrogen-bond donors (Lipinski definition) is 1. The first kappa shape index (κ1) is 14.3. The molecule has 1 nitrogen and oxygen atoms in total.